The summed E-state index contributed by atoms with van der Waals surface area (Å²) in [5.41, 5.74) is 11.5. The SMILES string of the molecule is CCc1nc(N)nc(N)c1-c1ccc2c(c1)N(CCCC(F)(F)F)C(=O)[C@](C)(c1cc(F)cc(F)c1)O2. The molecule has 1 aromatic heterocycles. The lowest BCUT2D eigenvalue weighted by atomic mass is 9.91. The van der Waals surface area contributed by atoms with Crippen LogP contribution in [0.5, 0.6) is 5.75 Å². The van der Waals surface area contributed by atoms with Crippen molar-refractivity contribution in [1.29, 1.82) is 0 Å². The van der Waals surface area contributed by atoms with Gasteiger partial charge in [-0.05, 0) is 49.6 Å². The van der Waals surface area contributed by atoms with Gasteiger partial charge in [-0.3, -0.25) is 4.79 Å². The van der Waals surface area contributed by atoms with Gasteiger partial charge in [-0.15, -0.1) is 0 Å². The van der Waals surface area contributed by atoms with Crippen molar-refractivity contribution in [3.63, 3.8) is 0 Å². The molecule has 3 aromatic rings. The van der Waals surface area contributed by atoms with E-state index in [4.69, 9.17) is 16.2 Å². The van der Waals surface area contributed by atoms with Gasteiger partial charge in [-0.2, -0.15) is 18.2 Å². The molecule has 37 heavy (non-hydrogen) atoms. The van der Waals surface area contributed by atoms with Crippen molar-refractivity contribution in [2.24, 2.45) is 0 Å². The third-order valence-electron chi connectivity index (χ3n) is 6.13. The first-order valence-electron chi connectivity index (χ1n) is 11.4. The second kappa shape index (κ2) is 9.49. The molecule has 0 unspecified atom stereocenters. The number of carbonyl (C=O) groups excluding carboxylic acids is 1. The van der Waals surface area contributed by atoms with Gasteiger partial charge in [-0.25, -0.2) is 13.8 Å². The Morgan fingerprint density at radius 3 is 2.35 bits per heavy atom. The summed E-state index contributed by atoms with van der Waals surface area (Å²) in [6.45, 7) is 2.83. The van der Waals surface area contributed by atoms with Crippen molar-refractivity contribution in [3.8, 4) is 16.9 Å². The van der Waals surface area contributed by atoms with Gasteiger partial charge >= 0.3 is 6.18 Å². The fourth-order valence-corrected chi connectivity index (χ4v) is 4.39. The molecule has 12 heteroatoms. The van der Waals surface area contributed by atoms with E-state index in [9.17, 15) is 26.7 Å². The highest BCUT2D eigenvalue weighted by Crippen LogP contribution is 2.45. The van der Waals surface area contributed by atoms with E-state index in [1.54, 1.807) is 6.07 Å². The van der Waals surface area contributed by atoms with Crippen LogP contribution in [0.2, 0.25) is 0 Å². The molecule has 0 saturated heterocycles. The first-order chi connectivity index (χ1) is 17.3. The number of nitrogens with zero attached hydrogens (tertiary/aromatic N) is 3. The molecule has 1 aliphatic heterocycles. The van der Waals surface area contributed by atoms with Crippen molar-refractivity contribution in [2.75, 3.05) is 22.9 Å². The summed E-state index contributed by atoms with van der Waals surface area (Å²) in [6.07, 6.45) is -5.51. The highest BCUT2D eigenvalue weighted by Gasteiger charge is 2.47. The summed E-state index contributed by atoms with van der Waals surface area (Å²) in [5, 5.41) is 0. The Morgan fingerprint density at radius 1 is 1.05 bits per heavy atom. The zero-order valence-electron chi connectivity index (χ0n) is 20.0. The molecule has 1 amide bonds. The molecule has 0 fully saturated rings. The number of fused-ring (bicyclic) bond motifs is 1. The molecule has 0 radical (unpaired) electrons. The Bertz CT molecular complexity index is 1340. The van der Waals surface area contributed by atoms with Crippen LogP contribution in [-0.2, 0) is 16.8 Å². The summed E-state index contributed by atoms with van der Waals surface area (Å²) in [7, 11) is 0. The van der Waals surface area contributed by atoms with Gasteiger partial charge in [0.15, 0.2) is 0 Å². The van der Waals surface area contributed by atoms with Crippen LogP contribution in [0.25, 0.3) is 11.1 Å². The molecule has 4 N–H and O–H groups in total. The number of hydrogen-bond donors (Lipinski definition) is 2. The maximum Gasteiger partial charge on any atom is 0.389 e. The van der Waals surface area contributed by atoms with Crippen molar-refractivity contribution in [3.05, 3.63) is 59.3 Å². The molecular formula is C25H24F5N5O2. The molecular weight excluding hydrogens is 497 g/mol. The zero-order chi connectivity index (χ0) is 27.1. The summed E-state index contributed by atoms with van der Waals surface area (Å²) < 4.78 is 72.7. The molecule has 0 saturated carbocycles. The van der Waals surface area contributed by atoms with Crippen LogP contribution in [0.1, 0.15) is 37.9 Å². The maximum atomic E-state index is 14.0. The first-order valence-corrected chi connectivity index (χ1v) is 11.4. The normalized spacial score (nSPS) is 17.5. The number of benzene rings is 2. The summed E-state index contributed by atoms with van der Waals surface area (Å²) >= 11 is 0. The largest absolute Gasteiger partial charge is 0.471 e. The summed E-state index contributed by atoms with van der Waals surface area (Å²) in [6, 6.07) is 7.22. The predicted octanol–water partition coefficient (Wildman–Crippen LogP) is 5.13. The number of ether oxygens (including phenoxy) is 1. The number of carbonyl (C=O) groups is 1. The summed E-state index contributed by atoms with van der Waals surface area (Å²) in [5.74, 6) is -2.42. The number of nitrogens with two attached hydrogens (primary N) is 2. The van der Waals surface area contributed by atoms with Crippen LogP contribution in [0.4, 0.5) is 39.4 Å². The lowest BCUT2D eigenvalue weighted by molar-refractivity contribution is -0.138. The predicted molar refractivity (Wildman–Crippen MR) is 128 cm³/mol. The van der Waals surface area contributed by atoms with Gasteiger partial charge in [0.25, 0.3) is 5.91 Å². The Labute approximate surface area is 209 Å². The van der Waals surface area contributed by atoms with Gasteiger partial charge < -0.3 is 21.1 Å². The number of rotatable bonds is 6. The molecule has 7 nitrogen and oxygen atoms in total. The first kappa shape index (κ1) is 26.1. The second-order valence-corrected chi connectivity index (χ2v) is 8.79. The van der Waals surface area contributed by atoms with Crippen LogP contribution in [-0.4, -0.2) is 28.6 Å². The lowest BCUT2D eigenvalue weighted by Crippen LogP contribution is -2.52. The highest BCUT2D eigenvalue weighted by atomic mass is 19.4. The number of anilines is 3. The lowest BCUT2D eigenvalue weighted by Gasteiger charge is -2.41. The minimum atomic E-state index is -4.43. The van der Waals surface area contributed by atoms with Crippen LogP contribution in [0.3, 0.4) is 0 Å². The van der Waals surface area contributed by atoms with Crippen molar-refractivity contribution < 1.29 is 31.5 Å². The molecule has 196 valence electrons. The Morgan fingerprint density at radius 2 is 1.73 bits per heavy atom. The topological polar surface area (TPSA) is 107 Å². The van der Waals surface area contributed by atoms with Crippen molar-refractivity contribution in [2.45, 2.75) is 44.9 Å². The number of halogens is 5. The molecule has 4 rings (SSSR count). The Hall–Kier alpha value is -3.96. The molecule has 2 heterocycles. The van der Waals surface area contributed by atoms with E-state index in [0.29, 0.717) is 29.3 Å². The van der Waals surface area contributed by atoms with Gasteiger partial charge in [0, 0.05) is 30.2 Å². The number of aromatic nitrogens is 2. The Kier molecular flexibility index (Phi) is 6.70. The molecule has 0 spiro atoms. The van der Waals surface area contributed by atoms with Crippen molar-refractivity contribution in [1.82, 2.24) is 9.97 Å². The van der Waals surface area contributed by atoms with Crippen LogP contribution in [0.15, 0.2) is 36.4 Å². The molecule has 2 aromatic carbocycles. The molecule has 0 bridgehead atoms. The van der Waals surface area contributed by atoms with Gasteiger partial charge in [-0.1, -0.05) is 13.0 Å². The number of amides is 1. The number of nitrogen functional groups attached to an aromatic ring is 2. The van der Waals surface area contributed by atoms with Crippen LogP contribution < -0.4 is 21.1 Å². The minimum absolute atomic E-state index is 0.0126. The second-order valence-electron chi connectivity index (χ2n) is 8.79. The van der Waals surface area contributed by atoms with E-state index in [0.717, 1.165) is 17.0 Å². The van der Waals surface area contributed by atoms with E-state index in [2.05, 4.69) is 9.97 Å². The molecule has 1 aliphatic rings. The monoisotopic (exact) mass is 521 g/mol. The maximum absolute atomic E-state index is 14.0. The number of hydrogen-bond acceptors (Lipinski definition) is 6. The van der Waals surface area contributed by atoms with E-state index >= 15 is 0 Å². The van der Waals surface area contributed by atoms with Gasteiger partial charge in [0.1, 0.15) is 23.2 Å². The fourth-order valence-electron chi connectivity index (χ4n) is 4.39. The quantitative estimate of drug-likeness (QED) is 0.436. The average Bonchev–Trinajstić information content (AvgIpc) is 2.79. The Balaban J connectivity index is 1.84. The van der Waals surface area contributed by atoms with E-state index < -0.39 is 42.2 Å². The molecule has 1 atom stereocenters. The highest BCUT2D eigenvalue weighted by molar-refractivity contribution is 6.04. The number of alkyl halides is 3. The van der Waals surface area contributed by atoms with E-state index in [1.165, 1.54) is 19.1 Å². The average molecular weight is 521 g/mol. The van der Waals surface area contributed by atoms with Gasteiger partial charge in [0.05, 0.1) is 11.4 Å². The molecule has 0 aliphatic carbocycles. The van der Waals surface area contributed by atoms with Crippen molar-refractivity contribution >= 4 is 23.4 Å². The standard InChI is InChI=1S/C25H24F5N5O2/c1-3-17-20(21(31)34-23(32)33-17)13-5-6-19-18(9-13)35(8-4-7-25(28,29)30)22(36)24(2,37-19)14-10-15(26)12-16(27)11-14/h5-6,9-12H,3-4,7-8H2,1-2H3,(H4,31,32,33,34)/t24-/m0/s1. The van der Waals surface area contributed by atoms with Gasteiger partial charge in [0.2, 0.25) is 11.5 Å². The third-order valence-corrected chi connectivity index (χ3v) is 6.13. The van der Waals surface area contributed by atoms with Crippen LogP contribution in [0, 0.1) is 11.6 Å². The number of aryl methyl sites for hydroxylation is 1. The van der Waals surface area contributed by atoms with E-state index in [1.807, 2.05) is 6.92 Å². The van der Waals surface area contributed by atoms with E-state index in [-0.39, 0.29) is 35.3 Å². The minimum Gasteiger partial charge on any atom is -0.471 e. The third kappa shape index (κ3) is 5.13. The van der Waals surface area contributed by atoms with Crippen LogP contribution >= 0.6 is 0 Å². The fraction of sp³-hybridized carbons (Fsp3) is 0.320. The summed E-state index contributed by atoms with van der Waals surface area (Å²) in [4.78, 5) is 23.0. The zero-order valence-corrected chi connectivity index (χ0v) is 20.0. The smallest absolute Gasteiger partial charge is 0.389 e.